The molecule has 1 saturated carbocycles. The van der Waals surface area contributed by atoms with Gasteiger partial charge in [0, 0.05) is 45.3 Å². The Labute approximate surface area is 215 Å². The van der Waals surface area contributed by atoms with Crippen LogP contribution in [-0.2, 0) is 11.3 Å². The van der Waals surface area contributed by atoms with Gasteiger partial charge in [0.1, 0.15) is 18.3 Å². The van der Waals surface area contributed by atoms with Crippen molar-refractivity contribution in [3.05, 3.63) is 12.7 Å². The highest BCUT2D eigenvalue weighted by Crippen LogP contribution is 2.32. The molecule has 1 aromatic heterocycles. The summed E-state index contributed by atoms with van der Waals surface area (Å²) in [5.74, 6) is 1.64. The van der Waals surface area contributed by atoms with E-state index in [1.807, 2.05) is 30.2 Å². The third-order valence-corrected chi connectivity index (χ3v) is 5.87. The molecular weight excluding hydrogens is 533 g/mol. The summed E-state index contributed by atoms with van der Waals surface area (Å²) in [5.41, 5.74) is -0.459. The van der Waals surface area contributed by atoms with Gasteiger partial charge in [0.05, 0.1) is 0 Å². The van der Waals surface area contributed by atoms with E-state index < -0.39 is 5.60 Å². The molecule has 188 valence electrons. The molecule has 0 aromatic carbocycles. The lowest BCUT2D eigenvalue weighted by molar-refractivity contribution is 0.00928. The van der Waals surface area contributed by atoms with E-state index >= 15 is 0 Å². The zero-order valence-electron chi connectivity index (χ0n) is 20.7. The van der Waals surface area contributed by atoms with E-state index in [0.29, 0.717) is 5.92 Å². The fourth-order valence-corrected chi connectivity index (χ4v) is 4.02. The van der Waals surface area contributed by atoms with Crippen LogP contribution in [0.3, 0.4) is 0 Å². The number of nitrogens with zero attached hydrogens (tertiary/aromatic N) is 6. The van der Waals surface area contributed by atoms with Gasteiger partial charge in [0.25, 0.3) is 0 Å². The quantitative estimate of drug-likeness (QED) is 0.209. The summed E-state index contributed by atoms with van der Waals surface area (Å²) in [6.45, 7) is 13.1. The normalized spacial score (nSPS) is 17.5. The minimum Gasteiger partial charge on any atom is -0.444 e. The number of hydrogen-bond acceptors (Lipinski definition) is 5. The average molecular weight is 576 g/mol. The van der Waals surface area contributed by atoms with Gasteiger partial charge in [0.15, 0.2) is 5.96 Å². The number of piperidine rings is 1. The first-order valence-electron chi connectivity index (χ1n) is 12.2. The van der Waals surface area contributed by atoms with E-state index in [1.165, 1.54) is 12.8 Å². The lowest BCUT2D eigenvalue weighted by Gasteiger charge is -2.40. The highest BCUT2D eigenvalue weighted by Gasteiger charge is 2.35. The SMILES string of the molecule is CCNC(=NCCCCn1cnnc1)N1CCC(N(CC2CC2)C(=O)OC(C)(C)C)CC1.I. The number of unbranched alkanes of at least 4 members (excludes halogenated alkanes) is 1. The number of aliphatic imine (C=N–C) groups is 1. The number of guanidine groups is 1. The van der Waals surface area contributed by atoms with Crippen LogP contribution >= 0.6 is 24.0 Å². The Kier molecular flexibility index (Phi) is 11.2. The summed E-state index contributed by atoms with van der Waals surface area (Å²) < 4.78 is 7.72. The zero-order valence-corrected chi connectivity index (χ0v) is 23.0. The fraction of sp³-hybridized carbons (Fsp3) is 0.826. The van der Waals surface area contributed by atoms with Gasteiger partial charge in [-0.1, -0.05) is 0 Å². The summed E-state index contributed by atoms with van der Waals surface area (Å²) >= 11 is 0. The van der Waals surface area contributed by atoms with Crippen LogP contribution in [0.5, 0.6) is 0 Å². The molecule has 0 spiro atoms. The van der Waals surface area contributed by atoms with Crippen molar-refractivity contribution < 1.29 is 9.53 Å². The van der Waals surface area contributed by atoms with Crippen LogP contribution in [0.2, 0.25) is 0 Å². The van der Waals surface area contributed by atoms with E-state index in [4.69, 9.17) is 9.73 Å². The summed E-state index contributed by atoms with van der Waals surface area (Å²) in [6, 6.07) is 0.244. The number of aromatic nitrogens is 3. The number of amides is 1. The smallest absolute Gasteiger partial charge is 0.410 e. The molecule has 1 N–H and O–H groups in total. The Bertz CT molecular complexity index is 724. The number of hydrogen-bond donors (Lipinski definition) is 1. The van der Waals surface area contributed by atoms with Gasteiger partial charge >= 0.3 is 6.09 Å². The largest absolute Gasteiger partial charge is 0.444 e. The van der Waals surface area contributed by atoms with Gasteiger partial charge < -0.3 is 24.4 Å². The molecule has 33 heavy (non-hydrogen) atoms. The topological polar surface area (TPSA) is 87.9 Å². The number of nitrogens with one attached hydrogen (secondary N) is 1. The van der Waals surface area contributed by atoms with Crippen molar-refractivity contribution in [2.75, 3.05) is 32.7 Å². The molecular formula is C23H42IN7O2. The number of ether oxygens (including phenoxy) is 1. The van der Waals surface area contributed by atoms with Crippen molar-refractivity contribution in [2.24, 2.45) is 10.9 Å². The Balaban J connectivity index is 0.00000385. The van der Waals surface area contributed by atoms with Gasteiger partial charge in [-0.05, 0) is 72.1 Å². The van der Waals surface area contributed by atoms with Gasteiger partial charge in [-0.15, -0.1) is 34.2 Å². The number of likely N-dealkylation sites (tertiary alicyclic amines) is 1. The van der Waals surface area contributed by atoms with E-state index in [-0.39, 0.29) is 36.1 Å². The molecule has 10 heteroatoms. The van der Waals surface area contributed by atoms with Gasteiger partial charge in [0.2, 0.25) is 0 Å². The van der Waals surface area contributed by atoms with Crippen LogP contribution in [-0.4, -0.2) is 81.0 Å². The maximum atomic E-state index is 12.9. The summed E-state index contributed by atoms with van der Waals surface area (Å²) in [7, 11) is 0. The molecule has 2 aliphatic rings. The molecule has 2 fully saturated rings. The predicted molar refractivity (Wildman–Crippen MR) is 141 cm³/mol. The number of rotatable bonds is 9. The highest BCUT2D eigenvalue weighted by molar-refractivity contribution is 14.0. The van der Waals surface area contributed by atoms with Crippen molar-refractivity contribution in [3.63, 3.8) is 0 Å². The van der Waals surface area contributed by atoms with E-state index in [9.17, 15) is 4.79 Å². The lowest BCUT2D eigenvalue weighted by Crippen LogP contribution is -2.52. The predicted octanol–water partition coefficient (Wildman–Crippen LogP) is 3.75. The first kappa shape index (κ1) is 27.7. The van der Waals surface area contributed by atoms with Gasteiger partial charge in [-0.25, -0.2) is 4.79 Å². The third kappa shape index (κ3) is 9.66. The minimum atomic E-state index is -0.459. The third-order valence-electron chi connectivity index (χ3n) is 5.87. The second kappa shape index (κ2) is 13.3. The monoisotopic (exact) mass is 575 g/mol. The van der Waals surface area contributed by atoms with Crippen LogP contribution in [0.15, 0.2) is 17.6 Å². The van der Waals surface area contributed by atoms with Gasteiger partial charge in [-0.3, -0.25) is 4.99 Å². The minimum absolute atomic E-state index is 0. The highest BCUT2D eigenvalue weighted by atomic mass is 127. The Morgan fingerprint density at radius 2 is 1.82 bits per heavy atom. The number of carbonyl (C=O) groups is 1. The molecule has 1 aliphatic heterocycles. The molecule has 1 aliphatic carbocycles. The molecule has 9 nitrogen and oxygen atoms in total. The zero-order chi connectivity index (χ0) is 23.0. The van der Waals surface area contributed by atoms with E-state index in [1.54, 1.807) is 12.7 Å². The van der Waals surface area contributed by atoms with E-state index in [2.05, 4.69) is 27.3 Å². The number of halogens is 1. The average Bonchev–Trinajstić information content (AvgIpc) is 3.42. The summed E-state index contributed by atoms with van der Waals surface area (Å²) in [6.07, 6.45) is 9.78. The van der Waals surface area contributed by atoms with E-state index in [0.717, 1.165) is 70.9 Å². The van der Waals surface area contributed by atoms with Crippen molar-refractivity contribution in [3.8, 4) is 0 Å². The maximum absolute atomic E-state index is 12.9. The molecule has 2 heterocycles. The Hall–Kier alpha value is -1.59. The van der Waals surface area contributed by atoms with Crippen molar-refractivity contribution in [2.45, 2.75) is 84.4 Å². The van der Waals surface area contributed by atoms with Crippen LogP contribution < -0.4 is 5.32 Å². The second-order valence-corrected chi connectivity index (χ2v) is 9.94. The standard InChI is InChI=1S/C23H41N7O2.HI/c1-5-24-21(25-12-6-7-13-28-17-26-27-18-28)29-14-10-20(11-15-29)30(16-19-8-9-19)22(31)32-23(2,3)4;/h17-20H,5-16H2,1-4H3,(H,24,25);1H. The maximum Gasteiger partial charge on any atom is 0.410 e. The molecule has 0 bridgehead atoms. The first-order valence-corrected chi connectivity index (χ1v) is 12.2. The Morgan fingerprint density at radius 1 is 1.15 bits per heavy atom. The molecule has 1 saturated heterocycles. The number of carbonyl (C=O) groups excluding carboxylic acids is 1. The molecule has 0 unspecified atom stereocenters. The first-order chi connectivity index (χ1) is 15.4. The molecule has 3 rings (SSSR count). The summed E-state index contributed by atoms with van der Waals surface area (Å²) in [5, 5.41) is 11.1. The molecule has 1 amide bonds. The fourth-order valence-electron chi connectivity index (χ4n) is 4.02. The van der Waals surface area contributed by atoms with Gasteiger partial charge in [-0.2, -0.15) is 0 Å². The molecule has 1 aromatic rings. The van der Waals surface area contributed by atoms with Crippen molar-refractivity contribution in [1.29, 1.82) is 0 Å². The molecule has 0 atom stereocenters. The van der Waals surface area contributed by atoms with Crippen molar-refractivity contribution >= 4 is 36.0 Å². The lowest BCUT2D eigenvalue weighted by atomic mass is 10.0. The van der Waals surface area contributed by atoms with Crippen LogP contribution in [0, 0.1) is 5.92 Å². The van der Waals surface area contributed by atoms with Crippen LogP contribution in [0.1, 0.15) is 66.2 Å². The van der Waals surface area contributed by atoms with Crippen molar-refractivity contribution in [1.82, 2.24) is 29.9 Å². The molecule has 0 radical (unpaired) electrons. The summed E-state index contributed by atoms with van der Waals surface area (Å²) in [4.78, 5) is 22.1. The van der Waals surface area contributed by atoms with Crippen LogP contribution in [0.25, 0.3) is 0 Å². The second-order valence-electron chi connectivity index (χ2n) is 9.94. The number of aryl methyl sites for hydroxylation is 1. The Morgan fingerprint density at radius 3 is 2.39 bits per heavy atom. The van der Waals surface area contributed by atoms with Crippen LogP contribution in [0.4, 0.5) is 4.79 Å².